The van der Waals surface area contributed by atoms with Crippen molar-refractivity contribution in [3.8, 4) is 0 Å². The summed E-state index contributed by atoms with van der Waals surface area (Å²) in [7, 11) is 1.85. The molecule has 0 unspecified atom stereocenters. The Kier molecular flexibility index (Phi) is 4.01. The highest BCUT2D eigenvalue weighted by Crippen LogP contribution is 2.16. The Balaban J connectivity index is 1.92. The van der Waals surface area contributed by atoms with E-state index in [-0.39, 0.29) is 16.7 Å². The van der Waals surface area contributed by atoms with Gasteiger partial charge in [-0.15, -0.1) is 0 Å². The molecule has 0 saturated heterocycles. The number of nitrogen functional groups attached to an aromatic ring is 1. The van der Waals surface area contributed by atoms with Crippen molar-refractivity contribution in [2.45, 2.75) is 6.42 Å². The second-order valence-corrected chi connectivity index (χ2v) is 4.52. The molecule has 7 heteroatoms. The summed E-state index contributed by atoms with van der Waals surface area (Å²) in [5, 5.41) is 7.12. The van der Waals surface area contributed by atoms with Crippen LogP contribution in [-0.4, -0.2) is 27.2 Å². The van der Waals surface area contributed by atoms with Crippen LogP contribution in [0.1, 0.15) is 15.9 Å². The maximum atomic E-state index is 11.9. The van der Waals surface area contributed by atoms with Crippen molar-refractivity contribution in [1.29, 1.82) is 0 Å². The summed E-state index contributed by atoms with van der Waals surface area (Å²) < 4.78 is 1.72. The van der Waals surface area contributed by atoms with Crippen LogP contribution in [0, 0.1) is 0 Å². The number of nitrogens with zero attached hydrogens (tertiary/aromatic N) is 3. The van der Waals surface area contributed by atoms with E-state index in [4.69, 9.17) is 17.3 Å². The van der Waals surface area contributed by atoms with Crippen LogP contribution in [0.3, 0.4) is 0 Å². The Hall–Kier alpha value is -2.08. The van der Waals surface area contributed by atoms with Gasteiger partial charge >= 0.3 is 0 Å². The predicted molar refractivity (Wildman–Crippen MR) is 72.9 cm³/mol. The fraction of sp³-hybridized carbons (Fsp3) is 0.250. The number of carbonyl (C=O) groups excluding carboxylic acids is 1. The van der Waals surface area contributed by atoms with Crippen LogP contribution in [-0.2, 0) is 13.5 Å². The third-order valence-corrected chi connectivity index (χ3v) is 2.88. The van der Waals surface area contributed by atoms with E-state index in [0.29, 0.717) is 18.5 Å². The predicted octanol–water partition coefficient (Wildman–Crippen LogP) is 1.02. The largest absolute Gasteiger partial charge is 0.384 e. The lowest BCUT2D eigenvalue weighted by Gasteiger charge is -2.06. The minimum absolute atomic E-state index is 0.261. The van der Waals surface area contributed by atoms with Gasteiger partial charge in [0.05, 0.1) is 16.8 Å². The second-order valence-electron chi connectivity index (χ2n) is 4.12. The highest BCUT2D eigenvalue weighted by atomic mass is 35.5. The zero-order valence-corrected chi connectivity index (χ0v) is 11.2. The Morgan fingerprint density at radius 2 is 2.32 bits per heavy atom. The van der Waals surface area contributed by atoms with Crippen molar-refractivity contribution < 1.29 is 4.79 Å². The molecular weight excluding hydrogens is 266 g/mol. The first kappa shape index (κ1) is 13.4. The number of hydrogen-bond acceptors (Lipinski definition) is 4. The Morgan fingerprint density at radius 3 is 3.00 bits per heavy atom. The van der Waals surface area contributed by atoms with Crippen molar-refractivity contribution in [3.63, 3.8) is 0 Å². The molecule has 6 nitrogen and oxygen atoms in total. The van der Waals surface area contributed by atoms with Crippen molar-refractivity contribution in [2.24, 2.45) is 7.05 Å². The van der Waals surface area contributed by atoms with Gasteiger partial charge in [-0.25, -0.2) is 4.98 Å². The van der Waals surface area contributed by atoms with Crippen LogP contribution in [0.5, 0.6) is 0 Å². The average molecular weight is 280 g/mol. The van der Waals surface area contributed by atoms with Gasteiger partial charge in [-0.05, 0) is 18.1 Å². The minimum Gasteiger partial charge on any atom is -0.384 e. The maximum absolute atomic E-state index is 11.9. The number of hydrogen-bond donors (Lipinski definition) is 2. The van der Waals surface area contributed by atoms with Crippen LogP contribution >= 0.6 is 11.6 Å². The van der Waals surface area contributed by atoms with Gasteiger partial charge in [0.15, 0.2) is 0 Å². The van der Waals surface area contributed by atoms with Crippen molar-refractivity contribution in [1.82, 2.24) is 20.1 Å². The van der Waals surface area contributed by atoms with Crippen LogP contribution in [0.4, 0.5) is 5.82 Å². The molecule has 2 aromatic heterocycles. The standard InChI is InChI=1S/C12H14ClN5O/c1-18-7-8(5-17-18)2-3-15-12(19)9-4-11(14)16-6-10(9)13/h4-7H,2-3H2,1H3,(H2,14,16)(H,15,19). The number of carbonyl (C=O) groups is 1. The first-order valence-corrected chi connectivity index (χ1v) is 6.11. The Morgan fingerprint density at radius 1 is 1.53 bits per heavy atom. The summed E-state index contributed by atoms with van der Waals surface area (Å²) in [6.07, 6.45) is 5.75. The molecule has 0 aromatic carbocycles. The van der Waals surface area contributed by atoms with Crippen LogP contribution in [0.25, 0.3) is 0 Å². The molecule has 3 N–H and O–H groups in total. The molecular formula is C12H14ClN5O. The number of rotatable bonds is 4. The molecule has 0 saturated carbocycles. The Bertz CT molecular complexity index is 596. The third kappa shape index (κ3) is 3.45. The number of pyridine rings is 1. The van der Waals surface area contributed by atoms with Gasteiger partial charge in [-0.3, -0.25) is 9.48 Å². The summed E-state index contributed by atoms with van der Waals surface area (Å²) in [6, 6.07) is 1.46. The lowest BCUT2D eigenvalue weighted by Crippen LogP contribution is -2.26. The molecule has 0 aliphatic heterocycles. The molecule has 100 valence electrons. The molecule has 0 fully saturated rings. The highest BCUT2D eigenvalue weighted by Gasteiger charge is 2.10. The quantitative estimate of drug-likeness (QED) is 0.875. The first-order chi connectivity index (χ1) is 9.06. The smallest absolute Gasteiger partial charge is 0.253 e. The average Bonchev–Trinajstić information content (AvgIpc) is 2.78. The maximum Gasteiger partial charge on any atom is 0.253 e. The molecule has 2 rings (SSSR count). The van der Waals surface area contributed by atoms with Crippen molar-refractivity contribution >= 4 is 23.3 Å². The van der Waals surface area contributed by atoms with E-state index in [1.165, 1.54) is 12.3 Å². The fourth-order valence-electron chi connectivity index (χ4n) is 1.65. The molecule has 0 bridgehead atoms. The van der Waals surface area contributed by atoms with Crippen LogP contribution in [0.15, 0.2) is 24.7 Å². The van der Waals surface area contributed by atoms with E-state index in [0.717, 1.165) is 5.56 Å². The Labute approximate surface area is 115 Å². The molecule has 0 spiro atoms. The molecule has 0 radical (unpaired) electrons. The summed E-state index contributed by atoms with van der Waals surface area (Å²) in [5.74, 6) is 0.00444. The molecule has 2 heterocycles. The SMILES string of the molecule is Cn1cc(CCNC(=O)c2cc(N)ncc2Cl)cn1. The van der Waals surface area contributed by atoms with Gasteiger partial charge in [0, 0.05) is 26.0 Å². The molecule has 0 aliphatic rings. The minimum atomic E-state index is -0.261. The van der Waals surface area contributed by atoms with Crippen molar-refractivity contribution in [3.05, 3.63) is 40.8 Å². The number of nitrogens with two attached hydrogens (primary N) is 1. The van der Waals surface area contributed by atoms with E-state index >= 15 is 0 Å². The molecule has 0 aliphatic carbocycles. The van der Waals surface area contributed by atoms with Crippen LogP contribution < -0.4 is 11.1 Å². The summed E-state index contributed by atoms with van der Waals surface area (Å²) >= 11 is 5.90. The molecule has 19 heavy (non-hydrogen) atoms. The summed E-state index contributed by atoms with van der Waals surface area (Å²) in [5.41, 5.74) is 6.92. The second kappa shape index (κ2) is 5.71. The van der Waals surface area contributed by atoms with E-state index in [1.807, 2.05) is 13.2 Å². The zero-order valence-electron chi connectivity index (χ0n) is 10.4. The third-order valence-electron chi connectivity index (χ3n) is 2.58. The molecule has 2 aromatic rings. The number of amides is 1. The zero-order chi connectivity index (χ0) is 13.8. The van der Waals surface area contributed by atoms with Gasteiger partial charge < -0.3 is 11.1 Å². The number of halogens is 1. The van der Waals surface area contributed by atoms with E-state index in [9.17, 15) is 4.79 Å². The van der Waals surface area contributed by atoms with E-state index in [1.54, 1.807) is 10.9 Å². The monoisotopic (exact) mass is 279 g/mol. The summed E-state index contributed by atoms with van der Waals surface area (Å²) in [4.78, 5) is 15.7. The van der Waals surface area contributed by atoms with Crippen molar-refractivity contribution in [2.75, 3.05) is 12.3 Å². The molecule has 1 amide bonds. The number of aromatic nitrogens is 3. The normalized spacial score (nSPS) is 10.4. The number of nitrogens with one attached hydrogen (secondary N) is 1. The molecule has 0 atom stereocenters. The van der Waals surface area contributed by atoms with Gasteiger partial charge in [-0.2, -0.15) is 5.10 Å². The topological polar surface area (TPSA) is 85.8 Å². The summed E-state index contributed by atoms with van der Waals surface area (Å²) in [6.45, 7) is 0.503. The highest BCUT2D eigenvalue weighted by molar-refractivity contribution is 6.33. The van der Waals surface area contributed by atoms with Gasteiger partial charge in [0.25, 0.3) is 5.91 Å². The lowest BCUT2D eigenvalue weighted by atomic mass is 10.2. The number of anilines is 1. The first-order valence-electron chi connectivity index (χ1n) is 5.73. The van der Waals surface area contributed by atoms with Gasteiger partial charge in [0.2, 0.25) is 0 Å². The van der Waals surface area contributed by atoms with Crippen LogP contribution in [0.2, 0.25) is 5.02 Å². The number of aryl methyl sites for hydroxylation is 1. The van der Waals surface area contributed by atoms with Gasteiger partial charge in [0.1, 0.15) is 5.82 Å². The van der Waals surface area contributed by atoms with Gasteiger partial charge in [-0.1, -0.05) is 11.6 Å². The van der Waals surface area contributed by atoms with E-state index < -0.39 is 0 Å². The van der Waals surface area contributed by atoms with E-state index in [2.05, 4.69) is 15.4 Å². The lowest BCUT2D eigenvalue weighted by molar-refractivity contribution is 0.0954. The fourth-order valence-corrected chi connectivity index (χ4v) is 1.83.